The maximum atomic E-state index is 12.9. The minimum atomic E-state index is -3.66. The van der Waals surface area contributed by atoms with Crippen LogP contribution in [0.2, 0.25) is 0 Å². The molecule has 1 amide bonds. The minimum absolute atomic E-state index is 0.0386. The number of sulfone groups is 1. The van der Waals surface area contributed by atoms with Crippen molar-refractivity contribution in [1.29, 1.82) is 0 Å². The smallest absolute Gasteiger partial charge is 0.387 e. The van der Waals surface area contributed by atoms with Gasteiger partial charge in [-0.15, -0.1) is 0 Å². The molecule has 0 N–H and O–H groups in total. The van der Waals surface area contributed by atoms with E-state index in [-0.39, 0.29) is 28.5 Å². The SMILES string of the molecule is COc1ccc(CN(C)C(=O)c2ccccc2S(=O)(=O)C(C)C)cc1OC(F)F. The van der Waals surface area contributed by atoms with E-state index in [1.54, 1.807) is 32.0 Å². The molecule has 158 valence electrons. The predicted octanol–water partition coefficient (Wildman–Crippen LogP) is 3.75. The van der Waals surface area contributed by atoms with Crippen LogP contribution >= 0.6 is 0 Å². The summed E-state index contributed by atoms with van der Waals surface area (Å²) in [6, 6.07) is 10.4. The number of carbonyl (C=O) groups excluding carboxylic acids is 1. The third-order valence-electron chi connectivity index (χ3n) is 4.26. The molecule has 0 spiro atoms. The standard InChI is InChI=1S/C20H23F2NO5S/c1-13(2)29(25,26)18-8-6-5-7-15(18)19(24)23(3)12-14-9-10-16(27-4)17(11-14)28-20(21)22/h5-11,13,20H,12H2,1-4H3. The van der Waals surface area contributed by atoms with Crippen molar-refractivity contribution in [1.82, 2.24) is 4.90 Å². The molecule has 0 atom stereocenters. The highest BCUT2D eigenvalue weighted by molar-refractivity contribution is 7.92. The van der Waals surface area contributed by atoms with Crippen LogP contribution in [0.1, 0.15) is 29.8 Å². The Kier molecular flexibility index (Phi) is 7.18. The molecule has 0 aliphatic heterocycles. The van der Waals surface area contributed by atoms with Gasteiger partial charge in [0.1, 0.15) is 0 Å². The molecule has 29 heavy (non-hydrogen) atoms. The Morgan fingerprint density at radius 3 is 2.34 bits per heavy atom. The maximum Gasteiger partial charge on any atom is 0.387 e. The average molecular weight is 427 g/mol. The van der Waals surface area contributed by atoms with E-state index in [2.05, 4.69) is 4.74 Å². The zero-order chi connectivity index (χ0) is 21.8. The Balaban J connectivity index is 2.31. The van der Waals surface area contributed by atoms with Crippen LogP contribution in [0.5, 0.6) is 11.5 Å². The van der Waals surface area contributed by atoms with Crippen LogP contribution in [0.3, 0.4) is 0 Å². The van der Waals surface area contributed by atoms with Crippen LogP contribution in [-0.4, -0.2) is 45.2 Å². The number of ether oxygens (including phenoxy) is 2. The number of nitrogens with zero attached hydrogens (tertiary/aromatic N) is 1. The molecule has 0 aliphatic carbocycles. The number of alkyl halides is 2. The lowest BCUT2D eigenvalue weighted by Crippen LogP contribution is -2.28. The van der Waals surface area contributed by atoms with E-state index in [1.165, 1.54) is 43.3 Å². The Morgan fingerprint density at radius 1 is 1.10 bits per heavy atom. The number of carbonyl (C=O) groups is 1. The largest absolute Gasteiger partial charge is 0.493 e. The summed E-state index contributed by atoms with van der Waals surface area (Å²) in [4.78, 5) is 14.2. The van der Waals surface area contributed by atoms with Gasteiger partial charge in [0.2, 0.25) is 0 Å². The molecule has 0 saturated heterocycles. The number of amides is 1. The van der Waals surface area contributed by atoms with Crippen LogP contribution < -0.4 is 9.47 Å². The van der Waals surface area contributed by atoms with E-state index in [1.807, 2.05) is 0 Å². The summed E-state index contributed by atoms with van der Waals surface area (Å²) in [5, 5.41) is -0.683. The summed E-state index contributed by atoms with van der Waals surface area (Å²) in [7, 11) is -0.828. The molecule has 6 nitrogen and oxygen atoms in total. The first-order valence-electron chi connectivity index (χ1n) is 8.78. The van der Waals surface area contributed by atoms with Crippen molar-refractivity contribution in [3.05, 3.63) is 53.6 Å². The molecule has 0 bridgehead atoms. The van der Waals surface area contributed by atoms with Gasteiger partial charge in [-0.2, -0.15) is 8.78 Å². The predicted molar refractivity (Wildman–Crippen MR) is 104 cm³/mol. The fourth-order valence-corrected chi connectivity index (χ4v) is 3.94. The Morgan fingerprint density at radius 2 is 1.76 bits per heavy atom. The van der Waals surface area contributed by atoms with Gasteiger partial charge in [0.25, 0.3) is 5.91 Å². The monoisotopic (exact) mass is 427 g/mol. The van der Waals surface area contributed by atoms with Gasteiger partial charge in [-0.05, 0) is 43.7 Å². The van der Waals surface area contributed by atoms with E-state index in [4.69, 9.17) is 4.74 Å². The molecule has 0 saturated carbocycles. The van der Waals surface area contributed by atoms with Gasteiger partial charge in [0.05, 0.1) is 22.8 Å². The fraction of sp³-hybridized carbons (Fsp3) is 0.350. The number of methoxy groups -OCH3 is 1. The van der Waals surface area contributed by atoms with Gasteiger partial charge in [0, 0.05) is 13.6 Å². The van der Waals surface area contributed by atoms with Crippen LogP contribution in [-0.2, 0) is 16.4 Å². The van der Waals surface area contributed by atoms with Crippen LogP contribution in [0.4, 0.5) is 8.78 Å². The van der Waals surface area contributed by atoms with Gasteiger partial charge in [-0.3, -0.25) is 4.79 Å². The molecule has 0 unspecified atom stereocenters. The van der Waals surface area contributed by atoms with Crippen molar-refractivity contribution in [2.45, 2.75) is 37.1 Å². The van der Waals surface area contributed by atoms with Crippen molar-refractivity contribution in [3.63, 3.8) is 0 Å². The number of hydrogen-bond donors (Lipinski definition) is 0. The Labute approximate surface area is 169 Å². The van der Waals surface area contributed by atoms with Crippen molar-refractivity contribution >= 4 is 15.7 Å². The van der Waals surface area contributed by atoms with Gasteiger partial charge < -0.3 is 14.4 Å². The van der Waals surface area contributed by atoms with Crippen LogP contribution in [0.25, 0.3) is 0 Å². The molecule has 0 heterocycles. The summed E-state index contributed by atoms with van der Waals surface area (Å²) in [6.45, 7) is 0.120. The van der Waals surface area contributed by atoms with Crippen molar-refractivity contribution in [2.75, 3.05) is 14.2 Å². The molecular weight excluding hydrogens is 404 g/mol. The third-order valence-corrected chi connectivity index (χ3v) is 6.47. The highest BCUT2D eigenvalue weighted by Crippen LogP contribution is 2.30. The molecule has 0 fully saturated rings. The van der Waals surface area contributed by atoms with E-state index < -0.39 is 27.6 Å². The summed E-state index contributed by atoms with van der Waals surface area (Å²) in [5.74, 6) is -0.517. The molecule has 2 aromatic rings. The van der Waals surface area contributed by atoms with E-state index in [9.17, 15) is 22.0 Å². The van der Waals surface area contributed by atoms with E-state index >= 15 is 0 Å². The zero-order valence-corrected chi connectivity index (χ0v) is 17.4. The lowest BCUT2D eigenvalue weighted by molar-refractivity contribution is -0.0512. The first kappa shape index (κ1) is 22.6. The summed E-state index contributed by atoms with van der Waals surface area (Å²) < 4.78 is 59.8. The summed E-state index contributed by atoms with van der Waals surface area (Å²) in [5.41, 5.74) is 0.572. The lowest BCUT2D eigenvalue weighted by atomic mass is 10.1. The minimum Gasteiger partial charge on any atom is -0.493 e. The number of rotatable bonds is 8. The normalized spacial score (nSPS) is 11.6. The highest BCUT2D eigenvalue weighted by atomic mass is 32.2. The number of hydrogen-bond acceptors (Lipinski definition) is 5. The third kappa shape index (κ3) is 5.23. The lowest BCUT2D eigenvalue weighted by Gasteiger charge is -2.20. The average Bonchev–Trinajstić information content (AvgIpc) is 2.67. The second-order valence-corrected chi connectivity index (χ2v) is 9.09. The van der Waals surface area contributed by atoms with Gasteiger partial charge in [0.15, 0.2) is 21.3 Å². The molecule has 9 heteroatoms. The highest BCUT2D eigenvalue weighted by Gasteiger charge is 2.26. The summed E-state index contributed by atoms with van der Waals surface area (Å²) >= 11 is 0. The molecule has 2 rings (SSSR count). The van der Waals surface area contributed by atoms with Gasteiger partial charge >= 0.3 is 6.61 Å². The van der Waals surface area contributed by atoms with E-state index in [0.717, 1.165) is 0 Å². The quantitative estimate of drug-likeness (QED) is 0.642. The topological polar surface area (TPSA) is 72.9 Å². The second-order valence-electron chi connectivity index (χ2n) is 6.61. The maximum absolute atomic E-state index is 12.9. The molecule has 0 radical (unpaired) electrons. The number of benzene rings is 2. The molecule has 0 aromatic heterocycles. The van der Waals surface area contributed by atoms with E-state index in [0.29, 0.717) is 5.56 Å². The fourth-order valence-electron chi connectivity index (χ4n) is 2.70. The zero-order valence-electron chi connectivity index (χ0n) is 16.6. The first-order valence-corrected chi connectivity index (χ1v) is 10.3. The van der Waals surface area contributed by atoms with Crippen LogP contribution in [0.15, 0.2) is 47.4 Å². The van der Waals surface area contributed by atoms with Crippen molar-refractivity contribution < 1.29 is 31.5 Å². The summed E-state index contributed by atoms with van der Waals surface area (Å²) in [6.07, 6.45) is 0. The Hall–Kier alpha value is -2.68. The number of halogens is 2. The van der Waals surface area contributed by atoms with Crippen molar-refractivity contribution in [2.24, 2.45) is 0 Å². The van der Waals surface area contributed by atoms with Crippen LogP contribution in [0, 0.1) is 0 Å². The van der Waals surface area contributed by atoms with Gasteiger partial charge in [-0.1, -0.05) is 18.2 Å². The molecular formula is C20H23F2NO5S. The van der Waals surface area contributed by atoms with Gasteiger partial charge in [-0.25, -0.2) is 8.42 Å². The Bertz CT molecular complexity index is 977. The second kappa shape index (κ2) is 9.21. The molecule has 0 aliphatic rings. The van der Waals surface area contributed by atoms with Crippen molar-refractivity contribution in [3.8, 4) is 11.5 Å². The molecule has 2 aromatic carbocycles. The first-order chi connectivity index (χ1) is 13.6.